The molecule has 0 fully saturated rings. The van der Waals surface area contributed by atoms with Crippen LogP contribution in [0.1, 0.15) is 12.5 Å². The molecule has 0 spiro atoms. The van der Waals surface area contributed by atoms with Gasteiger partial charge >= 0.3 is 5.69 Å². The van der Waals surface area contributed by atoms with Crippen LogP contribution in [0.15, 0.2) is 30.6 Å². The number of anilines is 1. The third kappa shape index (κ3) is 2.76. The van der Waals surface area contributed by atoms with Gasteiger partial charge in [-0.15, -0.1) is 0 Å². The summed E-state index contributed by atoms with van der Waals surface area (Å²) in [7, 11) is 0. The maximum atomic E-state index is 11.0. The number of nitrogens with zero attached hydrogens (tertiary/aromatic N) is 3. The smallest absolute Gasteiger partial charge is 0.311 e. The van der Waals surface area contributed by atoms with Gasteiger partial charge in [0.25, 0.3) is 5.88 Å². The molecule has 2 aromatic rings. The van der Waals surface area contributed by atoms with Crippen molar-refractivity contribution >= 4 is 11.5 Å². The van der Waals surface area contributed by atoms with Gasteiger partial charge in [-0.25, -0.2) is 9.97 Å². The second-order valence-electron chi connectivity index (χ2n) is 3.76. The zero-order chi connectivity index (χ0) is 13.8. The number of ether oxygens (including phenoxy) is 1. The summed E-state index contributed by atoms with van der Waals surface area (Å²) in [6, 6.07) is 4.77. The van der Waals surface area contributed by atoms with Crippen LogP contribution < -0.4 is 10.5 Å². The molecule has 1 aromatic heterocycles. The van der Waals surface area contributed by atoms with E-state index >= 15 is 0 Å². The molecule has 7 nitrogen and oxygen atoms in total. The van der Waals surface area contributed by atoms with Crippen LogP contribution >= 0.6 is 0 Å². The standard InChI is InChI=1S/C12H12N4O3/c1-2-8-3-4-10(9(7-8)16(17)18)19-12-11(13)14-5-6-15-12/h3-7H,2H2,1H3,(H2,13,14). The zero-order valence-corrected chi connectivity index (χ0v) is 10.2. The Balaban J connectivity index is 2.40. The quantitative estimate of drug-likeness (QED) is 0.668. The summed E-state index contributed by atoms with van der Waals surface area (Å²) in [5, 5.41) is 11.0. The van der Waals surface area contributed by atoms with E-state index in [1.807, 2.05) is 6.92 Å². The fourth-order valence-electron chi connectivity index (χ4n) is 1.53. The van der Waals surface area contributed by atoms with Crippen molar-refractivity contribution in [3.63, 3.8) is 0 Å². The Bertz CT molecular complexity index is 616. The first-order valence-corrected chi connectivity index (χ1v) is 5.63. The second kappa shape index (κ2) is 5.30. The highest BCUT2D eigenvalue weighted by atomic mass is 16.6. The predicted octanol–water partition coefficient (Wildman–Crippen LogP) is 2.32. The van der Waals surface area contributed by atoms with E-state index in [1.54, 1.807) is 6.07 Å². The fourth-order valence-corrected chi connectivity index (χ4v) is 1.53. The highest BCUT2D eigenvalue weighted by molar-refractivity contribution is 5.52. The van der Waals surface area contributed by atoms with Crippen LogP contribution in [0.2, 0.25) is 0 Å². The molecule has 0 saturated carbocycles. The molecule has 0 radical (unpaired) electrons. The van der Waals surface area contributed by atoms with E-state index in [1.165, 1.54) is 24.5 Å². The van der Waals surface area contributed by atoms with Crippen molar-refractivity contribution in [2.24, 2.45) is 0 Å². The summed E-state index contributed by atoms with van der Waals surface area (Å²) in [5.74, 6) is 0.223. The Morgan fingerprint density at radius 2 is 2.11 bits per heavy atom. The molecule has 7 heteroatoms. The topological polar surface area (TPSA) is 104 Å². The van der Waals surface area contributed by atoms with Crippen LogP contribution in [-0.2, 0) is 6.42 Å². The predicted molar refractivity (Wildman–Crippen MR) is 69.0 cm³/mol. The SMILES string of the molecule is CCc1ccc(Oc2nccnc2N)c([N+](=O)[O-])c1. The average Bonchev–Trinajstić information content (AvgIpc) is 2.41. The number of nitro benzene ring substituents is 1. The van der Waals surface area contributed by atoms with E-state index in [-0.39, 0.29) is 23.1 Å². The van der Waals surface area contributed by atoms with Crippen molar-refractivity contribution in [2.45, 2.75) is 13.3 Å². The number of aromatic nitrogens is 2. The first-order chi connectivity index (χ1) is 9.11. The molecule has 19 heavy (non-hydrogen) atoms. The van der Waals surface area contributed by atoms with Gasteiger partial charge in [-0.3, -0.25) is 10.1 Å². The van der Waals surface area contributed by atoms with E-state index in [0.717, 1.165) is 5.56 Å². The number of nitrogen functional groups attached to an aromatic ring is 1. The number of nitro groups is 1. The number of benzene rings is 1. The normalized spacial score (nSPS) is 10.2. The summed E-state index contributed by atoms with van der Waals surface area (Å²) in [4.78, 5) is 18.2. The van der Waals surface area contributed by atoms with Gasteiger partial charge in [-0.2, -0.15) is 0 Å². The van der Waals surface area contributed by atoms with Crippen LogP contribution in [0.3, 0.4) is 0 Å². The highest BCUT2D eigenvalue weighted by Crippen LogP contribution is 2.32. The van der Waals surface area contributed by atoms with Gasteiger partial charge in [-0.1, -0.05) is 13.0 Å². The Kier molecular flexibility index (Phi) is 3.56. The molecule has 0 bridgehead atoms. The minimum Gasteiger partial charge on any atom is -0.429 e. The van der Waals surface area contributed by atoms with Gasteiger partial charge in [-0.05, 0) is 18.1 Å². The number of hydrogen-bond donors (Lipinski definition) is 1. The minimum atomic E-state index is -0.499. The Morgan fingerprint density at radius 1 is 1.37 bits per heavy atom. The average molecular weight is 260 g/mol. The summed E-state index contributed by atoms with van der Waals surface area (Å²) in [6.45, 7) is 1.92. The Hall–Kier alpha value is -2.70. The maximum Gasteiger partial charge on any atom is 0.311 e. The van der Waals surface area contributed by atoms with Crippen LogP contribution in [0, 0.1) is 10.1 Å². The van der Waals surface area contributed by atoms with Crippen molar-refractivity contribution in [2.75, 3.05) is 5.73 Å². The van der Waals surface area contributed by atoms with Crippen LogP contribution in [0.5, 0.6) is 11.6 Å². The van der Waals surface area contributed by atoms with Gasteiger partial charge in [0.15, 0.2) is 5.82 Å². The first kappa shape index (κ1) is 12.7. The third-order valence-electron chi connectivity index (χ3n) is 2.53. The lowest BCUT2D eigenvalue weighted by molar-refractivity contribution is -0.385. The molecule has 0 aliphatic heterocycles. The summed E-state index contributed by atoms with van der Waals surface area (Å²) >= 11 is 0. The van der Waals surface area contributed by atoms with Crippen molar-refractivity contribution < 1.29 is 9.66 Å². The first-order valence-electron chi connectivity index (χ1n) is 5.63. The highest BCUT2D eigenvalue weighted by Gasteiger charge is 2.18. The fraction of sp³-hybridized carbons (Fsp3) is 0.167. The zero-order valence-electron chi connectivity index (χ0n) is 10.2. The molecule has 1 aromatic carbocycles. The molecule has 0 unspecified atom stereocenters. The monoisotopic (exact) mass is 260 g/mol. The van der Waals surface area contributed by atoms with Crippen molar-refractivity contribution in [3.05, 3.63) is 46.3 Å². The Labute approximate surface area is 109 Å². The molecule has 0 saturated heterocycles. The molecule has 0 aliphatic carbocycles. The summed E-state index contributed by atoms with van der Waals surface area (Å²) < 4.78 is 5.36. The number of aryl methyl sites for hydroxylation is 1. The minimum absolute atomic E-state index is 0.0508. The molecule has 2 rings (SSSR count). The Morgan fingerprint density at radius 3 is 2.74 bits per heavy atom. The van der Waals surface area contributed by atoms with Crippen LogP contribution in [0.4, 0.5) is 11.5 Å². The van der Waals surface area contributed by atoms with E-state index in [0.29, 0.717) is 6.42 Å². The van der Waals surface area contributed by atoms with Crippen molar-refractivity contribution in [1.82, 2.24) is 9.97 Å². The van der Waals surface area contributed by atoms with Crippen LogP contribution in [0.25, 0.3) is 0 Å². The summed E-state index contributed by atoms with van der Waals surface area (Å²) in [6.07, 6.45) is 3.52. The molecule has 1 heterocycles. The molecule has 98 valence electrons. The second-order valence-corrected chi connectivity index (χ2v) is 3.76. The largest absolute Gasteiger partial charge is 0.429 e. The molecule has 0 aliphatic rings. The lowest BCUT2D eigenvalue weighted by atomic mass is 10.1. The van der Waals surface area contributed by atoms with Crippen LogP contribution in [-0.4, -0.2) is 14.9 Å². The maximum absolute atomic E-state index is 11.0. The van der Waals surface area contributed by atoms with Crippen molar-refractivity contribution in [3.8, 4) is 11.6 Å². The number of rotatable bonds is 4. The molecule has 2 N–H and O–H groups in total. The lowest BCUT2D eigenvalue weighted by Gasteiger charge is -2.07. The van der Waals surface area contributed by atoms with E-state index in [4.69, 9.17) is 10.5 Å². The number of hydrogen-bond acceptors (Lipinski definition) is 6. The number of nitrogens with two attached hydrogens (primary N) is 1. The van der Waals surface area contributed by atoms with Gasteiger partial charge in [0.05, 0.1) is 4.92 Å². The van der Waals surface area contributed by atoms with E-state index in [2.05, 4.69) is 9.97 Å². The van der Waals surface area contributed by atoms with Gasteiger partial charge in [0.1, 0.15) is 0 Å². The third-order valence-corrected chi connectivity index (χ3v) is 2.53. The van der Waals surface area contributed by atoms with Crippen molar-refractivity contribution in [1.29, 1.82) is 0 Å². The van der Waals surface area contributed by atoms with Gasteiger partial charge in [0, 0.05) is 18.5 Å². The van der Waals surface area contributed by atoms with E-state index in [9.17, 15) is 10.1 Å². The van der Waals surface area contributed by atoms with E-state index < -0.39 is 4.92 Å². The molecular weight excluding hydrogens is 248 g/mol. The summed E-state index contributed by atoms with van der Waals surface area (Å²) in [5.41, 5.74) is 6.31. The van der Waals surface area contributed by atoms with Gasteiger partial charge < -0.3 is 10.5 Å². The molecule has 0 atom stereocenters. The molecular formula is C12H12N4O3. The molecule has 0 amide bonds. The lowest BCUT2D eigenvalue weighted by Crippen LogP contribution is -2.00. The van der Waals surface area contributed by atoms with Gasteiger partial charge in [0.2, 0.25) is 5.75 Å².